The van der Waals surface area contributed by atoms with Crippen molar-refractivity contribution in [3.63, 3.8) is 0 Å². The van der Waals surface area contributed by atoms with E-state index in [4.69, 9.17) is 34.8 Å². The zero-order valence-electron chi connectivity index (χ0n) is 9.11. The van der Waals surface area contributed by atoms with E-state index in [0.717, 1.165) is 0 Å². The van der Waals surface area contributed by atoms with Crippen molar-refractivity contribution < 1.29 is 8.42 Å². The van der Waals surface area contributed by atoms with Crippen LogP contribution in [0.3, 0.4) is 0 Å². The number of aryl methyl sites for hydroxylation is 1. The molecule has 0 amide bonds. The van der Waals surface area contributed by atoms with Crippen LogP contribution in [0.25, 0.3) is 0 Å². The van der Waals surface area contributed by atoms with E-state index in [1.807, 2.05) is 0 Å². The van der Waals surface area contributed by atoms with Crippen LogP contribution in [0.4, 0.5) is 0 Å². The maximum atomic E-state index is 12.3. The van der Waals surface area contributed by atoms with Gasteiger partial charge in [0.1, 0.15) is 0 Å². The Balaban J connectivity index is 3.16. The lowest BCUT2D eigenvalue weighted by molar-refractivity contribution is 0.440. The third kappa shape index (κ3) is 3.26. The van der Waals surface area contributed by atoms with Crippen LogP contribution in [0.15, 0.2) is 11.2 Å². The van der Waals surface area contributed by atoms with Gasteiger partial charge in [0.05, 0.1) is 11.2 Å². The van der Waals surface area contributed by atoms with Gasteiger partial charge in [-0.2, -0.15) is 9.40 Å². The molecule has 0 bridgehead atoms. The van der Waals surface area contributed by atoms with Crippen molar-refractivity contribution in [2.45, 2.75) is 5.03 Å². The first-order valence-corrected chi connectivity index (χ1v) is 7.63. The van der Waals surface area contributed by atoms with Gasteiger partial charge in [-0.15, -0.1) is 23.2 Å². The Morgan fingerprint density at radius 2 is 1.88 bits per heavy atom. The van der Waals surface area contributed by atoms with Crippen LogP contribution in [-0.2, 0) is 17.1 Å². The summed E-state index contributed by atoms with van der Waals surface area (Å²) in [6, 6.07) is 0. The molecular weight excluding hydrogens is 309 g/mol. The number of aromatic nitrogens is 2. The minimum absolute atomic E-state index is 0.0469. The molecular formula is C8H12Cl3N3O2S. The van der Waals surface area contributed by atoms with Crippen molar-refractivity contribution in [3.8, 4) is 0 Å². The molecule has 0 saturated heterocycles. The molecule has 0 aliphatic rings. The molecule has 1 aromatic heterocycles. The average Bonchev–Trinajstić information content (AvgIpc) is 2.58. The average molecular weight is 321 g/mol. The molecule has 0 N–H and O–H groups in total. The monoisotopic (exact) mass is 319 g/mol. The second-order valence-corrected chi connectivity index (χ2v) is 6.22. The standard InChI is InChI=1S/C8H12Cl3N3O2S/c1-13-8(7(11)6-12-13)17(15,16)14(4-2-9)5-3-10/h6H,2-5H2,1H3. The van der Waals surface area contributed by atoms with Gasteiger partial charge in [0.2, 0.25) is 0 Å². The predicted octanol–water partition coefficient (Wildman–Crippen LogP) is 1.54. The minimum atomic E-state index is -3.71. The largest absolute Gasteiger partial charge is 0.261 e. The third-order valence-electron chi connectivity index (χ3n) is 2.09. The Hall–Kier alpha value is -0.0100. The first kappa shape index (κ1) is 15.0. The normalized spacial score (nSPS) is 12.3. The van der Waals surface area contributed by atoms with Gasteiger partial charge in [0, 0.05) is 31.9 Å². The Bertz CT molecular complexity index is 449. The summed E-state index contributed by atoms with van der Waals surface area (Å²) in [4.78, 5) is 0. The van der Waals surface area contributed by atoms with Crippen LogP contribution >= 0.6 is 34.8 Å². The smallest absolute Gasteiger partial charge is 0.255 e. The van der Waals surface area contributed by atoms with Crippen LogP contribution in [-0.4, -0.2) is 47.4 Å². The Labute approximate surface area is 115 Å². The highest BCUT2D eigenvalue weighted by molar-refractivity contribution is 7.89. The van der Waals surface area contributed by atoms with Crippen molar-refractivity contribution in [3.05, 3.63) is 11.2 Å². The third-order valence-corrected chi connectivity index (χ3v) is 4.84. The van der Waals surface area contributed by atoms with Crippen LogP contribution < -0.4 is 0 Å². The quantitative estimate of drug-likeness (QED) is 0.747. The number of sulfonamides is 1. The van der Waals surface area contributed by atoms with Crippen molar-refractivity contribution in [1.29, 1.82) is 0 Å². The van der Waals surface area contributed by atoms with Gasteiger partial charge >= 0.3 is 0 Å². The van der Waals surface area contributed by atoms with Gasteiger partial charge in [-0.05, 0) is 0 Å². The number of nitrogens with zero attached hydrogens (tertiary/aromatic N) is 3. The maximum Gasteiger partial charge on any atom is 0.261 e. The van der Waals surface area contributed by atoms with Gasteiger partial charge in [-0.25, -0.2) is 8.42 Å². The molecule has 0 aliphatic heterocycles. The van der Waals surface area contributed by atoms with Crippen LogP contribution in [0.1, 0.15) is 0 Å². The summed E-state index contributed by atoms with van der Waals surface area (Å²) in [5.41, 5.74) is 0. The number of rotatable bonds is 6. The van der Waals surface area contributed by atoms with E-state index < -0.39 is 10.0 Å². The highest BCUT2D eigenvalue weighted by atomic mass is 35.5. The molecule has 5 nitrogen and oxygen atoms in total. The minimum Gasteiger partial charge on any atom is -0.255 e. The summed E-state index contributed by atoms with van der Waals surface area (Å²) >= 11 is 17.0. The first-order chi connectivity index (χ1) is 7.95. The predicted molar refractivity (Wildman–Crippen MR) is 68.4 cm³/mol. The number of hydrogen-bond donors (Lipinski definition) is 0. The number of halogens is 3. The molecule has 0 aliphatic carbocycles. The molecule has 98 valence electrons. The highest BCUT2D eigenvalue weighted by Crippen LogP contribution is 2.23. The van der Waals surface area contributed by atoms with Gasteiger partial charge in [-0.1, -0.05) is 11.6 Å². The van der Waals surface area contributed by atoms with Crippen molar-refractivity contribution in [2.24, 2.45) is 7.05 Å². The lowest BCUT2D eigenvalue weighted by Crippen LogP contribution is -2.35. The summed E-state index contributed by atoms with van der Waals surface area (Å²) in [6.45, 7) is 0.357. The summed E-state index contributed by atoms with van der Waals surface area (Å²) in [5, 5.41) is 3.84. The van der Waals surface area contributed by atoms with E-state index >= 15 is 0 Å². The zero-order chi connectivity index (χ0) is 13.1. The number of hydrogen-bond acceptors (Lipinski definition) is 3. The van der Waals surface area contributed by atoms with Crippen LogP contribution in [0, 0.1) is 0 Å². The molecule has 17 heavy (non-hydrogen) atoms. The van der Waals surface area contributed by atoms with E-state index in [-0.39, 0.29) is 34.9 Å². The van der Waals surface area contributed by atoms with E-state index in [1.165, 1.54) is 22.2 Å². The SMILES string of the molecule is Cn1ncc(Cl)c1S(=O)(=O)N(CCCl)CCCl. The fourth-order valence-corrected chi connectivity index (χ4v) is 4.01. The molecule has 0 aromatic carbocycles. The van der Waals surface area contributed by atoms with Crippen LogP contribution in [0.2, 0.25) is 5.02 Å². The summed E-state index contributed by atoms with van der Waals surface area (Å²) in [7, 11) is -2.20. The molecule has 0 unspecified atom stereocenters. The molecule has 0 fully saturated rings. The molecule has 0 atom stereocenters. The van der Waals surface area contributed by atoms with E-state index in [9.17, 15) is 8.42 Å². The molecule has 1 rings (SSSR count). The zero-order valence-corrected chi connectivity index (χ0v) is 12.2. The molecule has 9 heteroatoms. The Morgan fingerprint density at radius 3 is 2.24 bits per heavy atom. The Kier molecular flexibility index (Phi) is 5.53. The molecule has 0 radical (unpaired) electrons. The number of alkyl halides is 2. The topological polar surface area (TPSA) is 55.2 Å². The van der Waals surface area contributed by atoms with Gasteiger partial charge in [-0.3, -0.25) is 4.68 Å². The lowest BCUT2D eigenvalue weighted by Gasteiger charge is -2.20. The molecule has 0 spiro atoms. The summed E-state index contributed by atoms with van der Waals surface area (Å²) < 4.78 is 27.0. The summed E-state index contributed by atoms with van der Waals surface area (Å²) in [6.07, 6.45) is 1.29. The van der Waals surface area contributed by atoms with Gasteiger partial charge in [0.25, 0.3) is 10.0 Å². The van der Waals surface area contributed by atoms with Crippen molar-refractivity contribution in [2.75, 3.05) is 24.8 Å². The highest BCUT2D eigenvalue weighted by Gasteiger charge is 2.29. The fraction of sp³-hybridized carbons (Fsp3) is 0.625. The summed E-state index contributed by atoms with van der Waals surface area (Å²) in [5.74, 6) is 0.372. The fourth-order valence-electron chi connectivity index (χ4n) is 1.35. The van der Waals surface area contributed by atoms with Crippen molar-refractivity contribution in [1.82, 2.24) is 14.1 Å². The van der Waals surface area contributed by atoms with E-state index in [1.54, 1.807) is 0 Å². The van der Waals surface area contributed by atoms with Gasteiger partial charge < -0.3 is 0 Å². The Morgan fingerprint density at radius 1 is 1.35 bits per heavy atom. The molecule has 0 saturated carbocycles. The second-order valence-electron chi connectivity index (χ2n) is 3.20. The molecule has 1 aromatic rings. The lowest BCUT2D eigenvalue weighted by atomic mass is 10.6. The van der Waals surface area contributed by atoms with E-state index in [2.05, 4.69) is 5.10 Å². The van der Waals surface area contributed by atoms with Crippen molar-refractivity contribution >= 4 is 44.8 Å². The maximum absolute atomic E-state index is 12.3. The van der Waals surface area contributed by atoms with E-state index in [0.29, 0.717) is 0 Å². The first-order valence-electron chi connectivity index (χ1n) is 4.74. The molecule has 1 heterocycles. The second kappa shape index (κ2) is 6.24. The van der Waals surface area contributed by atoms with Crippen LogP contribution in [0.5, 0.6) is 0 Å². The van der Waals surface area contributed by atoms with Gasteiger partial charge in [0.15, 0.2) is 5.03 Å².